The van der Waals surface area contributed by atoms with Crippen LogP contribution < -0.4 is 0 Å². The lowest BCUT2D eigenvalue weighted by atomic mass is 10.1. The first kappa shape index (κ1) is 15.2. The summed E-state index contributed by atoms with van der Waals surface area (Å²) in [6.07, 6.45) is 0.880. The van der Waals surface area contributed by atoms with Gasteiger partial charge >= 0.3 is 5.69 Å². The molecule has 0 bridgehead atoms. The normalized spacial score (nSPS) is 20.1. The highest BCUT2D eigenvalue weighted by molar-refractivity contribution is 5.95. The quantitative estimate of drug-likeness (QED) is 0.659. The summed E-state index contributed by atoms with van der Waals surface area (Å²) >= 11 is 0. The number of rotatable bonds is 2. The number of hydrogen-bond acceptors (Lipinski definition) is 5. The second kappa shape index (κ2) is 6.09. The van der Waals surface area contributed by atoms with Crippen LogP contribution in [0, 0.1) is 10.1 Å². The van der Waals surface area contributed by atoms with Crippen LogP contribution in [0.5, 0.6) is 5.75 Å². The zero-order valence-corrected chi connectivity index (χ0v) is 12.2. The largest absolute Gasteiger partial charge is 0.502 e. The summed E-state index contributed by atoms with van der Waals surface area (Å²) in [7, 11) is 2.02. The lowest BCUT2D eigenvalue weighted by Gasteiger charge is -2.28. The number of benzene rings is 1. The standard InChI is InChI=1S/C14H19N3O4/c1-10-9-15(2)6-3-7-16(10)14(19)11-4-5-12(17(20)21)13(18)8-11/h4-5,8,10,18H,3,6-7,9H2,1-2H3. The van der Waals surface area contributed by atoms with E-state index in [0.717, 1.165) is 25.6 Å². The molecule has 0 spiro atoms. The number of carbonyl (C=O) groups excluding carboxylic acids is 1. The van der Waals surface area contributed by atoms with E-state index in [1.54, 1.807) is 4.90 Å². The zero-order valence-electron chi connectivity index (χ0n) is 12.2. The zero-order chi connectivity index (χ0) is 15.6. The molecule has 1 N–H and O–H groups in total. The van der Waals surface area contributed by atoms with Crippen LogP contribution in [0.15, 0.2) is 18.2 Å². The molecule has 1 saturated heterocycles. The minimum absolute atomic E-state index is 0.0577. The van der Waals surface area contributed by atoms with Crippen molar-refractivity contribution in [2.75, 3.05) is 26.7 Å². The van der Waals surface area contributed by atoms with Crippen LogP contribution in [-0.4, -0.2) is 58.5 Å². The van der Waals surface area contributed by atoms with Gasteiger partial charge in [-0.05, 0) is 39.1 Å². The van der Waals surface area contributed by atoms with E-state index in [0.29, 0.717) is 6.54 Å². The van der Waals surface area contributed by atoms with E-state index in [2.05, 4.69) is 4.90 Å². The Kier molecular flexibility index (Phi) is 4.42. The van der Waals surface area contributed by atoms with Gasteiger partial charge in [-0.25, -0.2) is 0 Å². The van der Waals surface area contributed by atoms with Crippen molar-refractivity contribution in [2.24, 2.45) is 0 Å². The fourth-order valence-corrected chi connectivity index (χ4v) is 2.65. The Morgan fingerprint density at radius 2 is 2.14 bits per heavy atom. The molecule has 1 atom stereocenters. The maximum absolute atomic E-state index is 12.5. The monoisotopic (exact) mass is 293 g/mol. The minimum atomic E-state index is -0.674. The number of hydrogen-bond donors (Lipinski definition) is 1. The molecule has 1 amide bonds. The summed E-state index contributed by atoms with van der Waals surface area (Å²) in [5.74, 6) is -0.687. The molecule has 21 heavy (non-hydrogen) atoms. The lowest BCUT2D eigenvalue weighted by Crippen LogP contribution is -2.41. The summed E-state index contributed by atoms with van der Waals surface area (Å²) < 4.78 is 0. The highest BCUT2D eigenvalue weighted by Gasteiger charge is 2.26. The van der Waals surface area contributed by atoms with Crippen molar-refractivity contribution in [3.63, 3.8) is 0 Å². The summed E-state index contributed by atoms with van der Waals surface area (Å²) in [4.78, 5) is 26.5. The molecule has 1 aromatic carbocycles. The van der Waals surface area contributed by atoms with E-state index >= 15 is 0 Å². The molecule has 0 saturated carbocycles. The summed E-state index contributed by atoms with van der Waals surface area (Å²) in [6.45, 7) is 4.33. The van der Waals surface area contributed by atoms with E-state index < -0.39 is 16.4 Å². The molecular weight excluding hydrogens is 274 g/mol. The van der Waals surface area contributed by atoms with Crippen molar-refractivity contribution in [1.82, 2.24) is 9.80 Å². The van der Waals surface area contributed by atoms with Crippen LogP contribution in [0.4, 0.5) is 5.69 Å². The number of phenolic OH excluding ortho intramolecular Hbond substituents is 1. The van der Waals surface area contributed by atoms with Crippen molar-refractivity contribution in [2.45, 2.75) is 19.4 Å². The lowest BCUT2D eigenvalue weighted by molar-refractivity contribution is -0.385. The van der Waals surface area contributed by atoms with Crippen LogP contribution in [-0.2, 0) is 0 Å². The van der Waals surface area contributed by atoms with Gasteiger partial charge in [0.15, 0.2) is 5.75 Å². The molecule has 2 rings (SSSR count). The third kappa shape index (κ3) is 3.30. The number of amides is 1. The molecule has 1 aliphatic heterocycles. The average molecular weight is 293 g/mol. The van der Waals surface area contributed by atoms with Crippen LogP contribution in [0.1, 0.15) is 23.7 Å². The molecule has 1 heterocycles. The van der Waals surface area contributed by atoms with Gasteiger partial charge in [-0.15, -0.1) is 0 Å². The highest BCUT2D eigenvalue weighted by atomic mass is 16.6. The molecule has 1 unspecified atom stereocenters. The Hall–Kier alpha value is -2.15. The molecule has 0 radical (unpaired) electrons. The van der Waals surface area contributed by atoms with Gasteiger partial charge in [-0.3, -0.25) is 14.9 Å². The Balaban J connectivity index is 2.23. The predicted octanol–water partition coefficient (Wildman–Crippen LogP) is 1.47. The Bertz CT molecular complexity index is 561. The van der Waals surface area contributed by atoms with E-state index in [1.165, 1.54) is 12.1 Å². The Morgan fingerprint density at radius 3 is 2.76 bits per heavy atom. The first-order chi connectivity index (χ1) is 9.90. The van der Waals surface area contributed by atoms with Crippen molar-refractivity contribution in [3.8, 4) is 5.75 Å². The van der Waals surface area contributed by atoms with Crippen molar-refractivity contribution >= 4 is 11.6 Å². The highest BCUT2D eigenvalue weighted by Crippen LogP contribution is 2.27. The summed E-state index contributed by atoms with van der Waals surface area (Å²) in [5.41, 5.74) is -0.121. The molecule has 0 aliphatic carbocycles. The smallest absolute Gasteiger partial charge is 0.310 e. The minimum Gasteiger partial charge on any atom is -0.502 e. The van der Waals surface area contributed by atoms with E-state index in [-0.39, 0.29) is 17.5 Å². The van der Waals surface area contributed by atoms with Crippen LogP contribution in [0.2, 0.25) is 0 Å². The van der Waals surface area contributed by atoms with Crippen molar-refractivity contribution in [3.05, 3.63) is 33.9 Å². The molecule has 114 valence electrons. The van der Waals surface area contributed by atoms with Gasteiger partial charge in [0.05, 0.1) is 4.92 Å². The SMILES string of the molecule is CC1CN(C)CCCN1C(=O)c1ccc([N+](=O)[O-])c(O)c1. The van der Waals surface area contributed by atoms with Gasteiger partial charge < -0.3 is 14.9 Å². The maximum Gasteiger partial charge on any atom is 0.310 e. The number of nitro groups is 1. The topological polar surface area (TPSA) is 86.9 Å². The number of likely N-dealkylation sites (N-methyl/N-ethyl adjacent to an activating group) is 1. The van der Waals surface area contributed by atoms with Gasteiger partial charge in [-0.1, -0.05) is 0 Å². The maximum atomic E-state index is 12.5. The summed E-state index contributed by atoms with van der Waals surface area (Å²) in [5, 5.41) is 20.3. The number of nitrogens with zero attached hydrogens (tertiary/aromatic N) is 3. The first-order valence-corrected chi connectivity index (χ1v) is 6.87. The molecule has 7 nitrogen and oxygen atoms in total. The third-order valence-corrected chi connectivity index (χ3v) is 3.73. The molecule has 1 aromatic rings. The van der Waals surface area contributed by atoms with Gasteiger partial charge in [0, 0.05) is 30.8 Å². The molecule has 1 aliphatic rings. The summed E-state index contributed by atoms with van der Waals surface area (Å²) in [6, 6.07) is 3.78. The van der Waals surface area contributed by atoms with Crippen LogP contribution in [0.3, 0.4) is 0 Å². The Labute approximate surface area is 122 Å². The first-order valence-electron chi connectivity index (χ1n) is 6.87. The van der Waals surface area contributed by atoms with Gasteiger partial charge in [-0.2, -0.15) is 0 Å². The predicted molar refractivity (Wildman–Crippen MR) is 77.4 cm³/mol. The molecule has 7 heteroatoms. The fourth-order valence-electron chi connectivity index (χ4n) is 2.65. The average Bonchev–Trinajstić information content (AvgIpc) is 2.58. The van der Waals surface area contributed by atoms with Gasteiger partial charge in [0.1, 0.15) is 0 Å². The van der Waals surface area contributed by atoms with Crippen LogP contribution in [0.25, 0.3) is 0 Å². The van der Waals surface area contributed by atoms with Crippen molar-refractivity contribution < 1.29 is 14.8 Å². The van der Waals surface area contributed by atoms with Crippen molar-refractivity contribution in [1.29, 1.82) is 0 Å². The third-order valence-electron chi connectivity index (χ3n) is 3.73. The number of aromatic hydroxyl groups is 1. The fraction of sp³-hybridized carbons (Fsp3) is 0.500. The second-order valence-corrected chi connectivity index (χ2v) is 5.42. The molecular formula is C14H19N3O4. The molecule has 0 aromatic heterocycles. The number of carbonyl (C=O) groups is 1. The number of phenols is 1. The van der Waals surface area contributed by atoms with E-state index in [1.807, 2.05) is 14.0 Å². The van der Waals surface area contributed by atoms with Gasteiger partial charge in [0.2, 0.25) is 0 Å². The van der Waals surface area contributed by atoms with E-state index in [9.17, 15) is 20.0 Å². The van der Waals surface area contributed by atoms with Gasteiger partial charge in [0.25, 0.3) is 5.91 Å². The number of nitro benzene ring substituents is 1. The second-order valence-electron chi connectivity index (χ2n) is 5.42. The molecule has 1 fully saturated rings. The Morgan fingerprint density at radius 1 is 1.43 bits per heavy atom. The van der Waals surface area contributed by atoms with E-state index in [4.69, 9.17) is 0 Å². The van der Waals surface area contributed by atoms with Crippen LogP contribution >= 0.6 is 0 Å².